The van der Waals surface area contributed by atoms with E-state index >= 15 is 0 Å². The third kappa shape index (κ3) is 1.24. The van der Waals surface area contributed by atoms with Gasteiger partial charge in [-0.05, 0) is 18.8 Å². The van der Waals surface area contributed by atoms with Crippen molar-refractivity contribution in [3.8, 4) is 6.07 Å². The van der Waals surface area contributed by atoms with E-state index in [1.165, 1.54) is 0 Å². The zero-order valence-corrected chi connectivity index (χ0v) is 7.76. The normalized spacial score (nSPS) is 30.3. The molecule has 1 fully saturated rings. The maximum Gasteiger partial charge on any atom is 0.153 e. The lowest BCUT2D eigenvalue weighted by molar-refractivity contribution is -0.130. The highest BCUT2D eigenvalue weighted by Gasteiger charge is 2.42. The highest BCUT2D eigenvalue weighted by Crippen LogP contribution is 2.38. The monoisotopic (exact) mass is 165 g/mol. The molecule has 1 rings (SSSR count). The topological polar surface area (TPSA) is 40.9 Å². The van der Waals surface area contributed by atoms with Crippen molar-refractivity contribution >= 4 is 5.78 Å². The molecule has 0 heterocycles. The van der Waals surface area contributed by atoms with Gasteiger partial charge in [0.2, 0.25) is 0 Å². The first-order chi connectivity index (χ1) is 5.63. The van der Waals surface area contributed by atoms with Crippen molar-refractivity contribution < 1.29 is 4.79 Å². The van der Waals surface area contributed by atoms with Gasteiger partial charge in [0, 0.05) is 6.42 Å². The number of hydrogen-bond donors (Lipinski definition) is 0. The minimum Gasteiger partial charge on any atom is -0.298 e. The van der Waals surface area contributed by atoms with E-state index in [4.69, 9.17) is 5.26 Å². The van der Waals surface area contributed by atoms with E-state index < -0.39 is 5.41 Å². The molecule has 1 aliphatic rings. The second kappa shape index (κ2) is 3.26. The summed E-state index contributed by atoms with van der Waals surface area (Å²) in [5.74, 6) is 0.321. The van der Waals surface area contributed by atoms with Gasteiger partial charge >= 0.3 is 0 Å². The quantitative estimate of drug-likeness (QED) is 0.598. The average Bonchev–Trinajstić information content (AvgIpc) is 2.05. The van der Waals surface area contributed by atoms with Gasteiger partial charge in [-0.2, -0.15) is 5.26 Å². The van der Waals surface area contributed by atoms with E-state index in [1.807, 2.05) is 13.8 Å². The predicted molar refractivity (Wildman–Crippen MR) is 46.4 cm³/mol. The Hall–Kier alpha value is -0.840. The summed E-state index contributed by atoms with van der Waals surface area (Å²) in [4.78, 5) is 11.6. The molecule has 66 valence electrons. The summed E-state index contributed by atoms with van der Waals surface area (Å²) < 4.78 is 0. The van der Waals surface area contributed by atoms with Crippen molar-refractivity contribution in [3.05, 3.63) is 0 Å². The number of ketones is 1. The fourth-order valence-corrected chi connectivity index (χ4v) is 1.91. The van der Waals surface area contributed by atoms with Crippen LogP contribution in [-0.2, 0) is 4.79 Å². The van der Waals surface area contributed by atoms with Gasteiger partial charge < -0.3 is 0 Å². The molecule has 2 heteroatoms. The van der Waals surface area contributed by atoms with Crippen molar-refractivity contribution in [3.63, 3.8) is 0 Å². The molecular weight excluding hydrogens is 150 g/mol. The molecule has 1 atom stereocenters. The van der Waals surface area contributed by atoms with E-state index in [-0.39, 0.29) is 11.7 Å². The molecule has 0 bridgehead atoms. The van der Waals surface area contributed by atoms with E-state index in [1.54, 1.807) is 0 Å². The van der Waals surface area contributed by atoms with E-state index in [2.05, 4.69) is 6.07 Å². The van der Waals surface area contributed by atoms with Crippen LogP contribution >= 0.6 is 0 Å². The summed E-state index contributed by atoms with van der Waals surface area (Å²) in [6.45, 7) is 3.93. The third-order valence-corrected chi connectivity index (χ3v) is 2.91. The Morgan fingerprint density at radius 2 is 2.17 bits per heavy atom. The third-order valence-electron chi connectivity index (χ3n) is 2.91. The molecule has 0 N–H and O–H groups in total. The lowest BCUT2D eigenvalue weighted by atomic mass is 9.67. The van der Waals surface area contributed by atoms with Crippen LogP contribution in [0.15, 0.2) is 0 Å². The van der Waals surface area contributed by atoms with Gasteiger partial charge in [-0.25, -0.2) is 0 Å². The van der Waals surface area contributed by atoms with Gasteiger partial charge in [-0.3, -0.25) is 4.79 Å². The van der Waals surface area contributed by atoms with E-state index in [0.717, 1.165) is 19.3 Å². The highest BCUT2D eigenvalue weighted by molar-refractivity contribution is 5.88. The minimum atomic E-state index is -0.655. The van der Waals surface area contributed by atoms with Crippen LogP contribution in [0, 0.1) is 22.7 Å². The van der Waals surface area contributed by atoms with Crippen LogP contribution in [0.25, 0.3) is 0 Å². The predicted octanol–water partition coefficient (Wildman–Crippen LogP) is 2.30. The van der Waals surface area contributed by atoms with Crippen LogP contribution in [0.1, 0.15) is 39.5 Å². The maximum absolute atomic E-state index is 11.6. The Bertz CT molecular complexity index is 226. The molecule has 0 saturated heterocycles. The SMILES string of the molecule is CC(C)C1(C#N)CCCCC1=O. The average molecular weight is 165 g/mol. The summed E-state index contributed by atoms with van der Waals surface area (Å²) in [6.07, 6.45) is 3.36. The van der Waals surface area contributed by atoms with Crippen LogP contribution in [0.5, 0.6) is 0 Å². The summed E-state index contributed by atoms with van der Waals surface area (Å²) in [5, 5.41) is 9.01. The van der Waals surface area contributed by atoms with Gasteiger partial charge in [-0.15, -0.1) is 0 Å². The number of carbonyl (C=O) groups is 1. The summed E-state index contributed by atoms with van der Waals surface area (Å²) in [7, 11) is 0. The van der Waals surface area contributed by atoms with Crippen molar-refractivity contribution in [2.45, 2.75) is 39.5 Å². The number of rotatable bonds is 1. The molecule has 0 spiro atoms. The van der Waals surface area contributed by atoms with Crippen LogP contribution in [0.3, 0.4) is 0 Å². The lowest BCUT2D eigenvalue weighted by Crippen LogP contribution is -2.37. The Labute approximate surface area is 73.6 Å². The van der Waals surface area contributed by atoms with Crippen LogP contribution < -0.4 is 0 Å². The molecule has 0 aliphatic heterocycles. The number of carbonyl (C=O) groups excluding carboxylic acids is 1. The molecule has 12 heavy (non-hydrogen) atoms. The van der Waals surface area contributed by atoms with Crippen LogP contribution in [-0.4, -0.2) is 5.78 Å². The summed E-state index contributed by atoms with van der Waals surface area (Å²) in [5.41, 5.74) is -0.655. The number of nitriles is 1. The van der Waals surface area contributed by atoms with Crippen LogP contribution in [0.2, 0.25) is 0 Å². The van der Waals surface area contributed by atoms with Crippen molar-refractivity contribution in [1.82, 2.24) is 0 Å². The lowest BCUT2D eigenvalue weighted by Gasteiger charge is -2.32. The maximum atomic E-state index is 11.6. The molecule has 0 aromatic heterocycles. The molecule has 0 amide bonds. The first-order valence-corrected chi connectivity index (χ1v) is 4.58. The fraction of sp³-hybridized carbons (Fsp3) is 0.800. The zero-order chi connectivity index (χ0) is 9.19. The highest BCUT2D eigenvalue weighted by atomic mass is 16.1. The number of Topliss-reactive ketones (excluding diaryl/α,β-unsaturated/α-hetero) is 1. The molecule has 2 nitrogen and oxygen atoms in total. The second-order valence-corrected chi connectivity index (χ2v) is 3.87. The molecule has 1 saturated carbocycles. The van der Waals surface area contributed by atoms with Gasteiger partial charge in [0.05, 0.1) is 6.07 Å². The van der Waals surface area contributed by atoms with Gasteiger partial charge in [-0.1, -0.05) is 20.3 Å². The Morgan fingerprint density at radius 1 is 1.50 bits per heavy atom. The second-order valence-electron chi connectivity index (χ2n) is 3.87. The van der Waals surface area contributed by atoms with Gasteiger partial charge in [0.15, 0.2) is 5.78 Å². The Morgan fingerprint density at radius 3 is 2.50 bits per heavy atom. The molecular formula is C10H15NO. The van der Waals surface area contributed by atoms with Gasteiger partial charge in [0.1, 0.15) is 5.41 Å². The number of hydrogen-bond acceptors (Lipinski definition) is 2. The molecule has 0 aromatic carbocycles. The van der Waals surface area contributed by atoms with E-state index in [9.17, 15) is 4.79 Å². The zero-order valence-electron chi connectivity index (χ0n) is 7.76. The summed E-state index contributed by atoms with van der Waals surface area (Å²) in [6, 6.07) is 2.22. The molecule has 0 radical (unpaired) electrons. The van der Waals surface area contributed by atoms with Crippen LogP contribution in [0.4, 0.5) is 0 Å². The Kier molecular flexibility index (Phi) is 2.52. The Balaban J connectivity index is 2.91. The smallest absolute Gasteiger partial charge is 0.153 e. The minimum absolute atomic E-state index is 0.159. The number of nitrogens with zero attached hydrogens (tertiary/aromatic N) is 1. The fourth-order valence-electron chi connectivity index (χ4n) is 1.91. The van der Waals surface area contributed by atoms with E-state index in [0.29, 0.717) is 6.42 Å². The first-order valence-electron chi connectivity index (χ1n) is 4.58. The molecule has 1 unspecified atom stereocenters. The first kappa shape index (κ1) is 9.25. The largest absolute Gasteiger partial charge is 0.298 e. The van der Waals surface area contributed by atoms with Gasteiger partial charge in [0.25, 0.3) is 0 Å². The van der Waals surface area contributed by atoms with Crippen molar-refractivity contribution in [2.75, 3.05) is 0 Å². The molecule has 1 aliphatic carbocycles. The van der Waals surface area contributed by atoms with Crippen molar-refractivity contribution in [2.24, 2.45) is 11.3 Å². The van der Waals surface area contributed by atoms with Crippen molar-refractivity contribution in [1.29, 1.82) is 5.26 Å². The summed E-state index contributed by atoms with van der Waals surface area (Å²) >= 11 is 0. The standard InChI is InChI=1S/C10H15NO/c1-8(2)10(7-11)6-4-3-5-9(10)12/h8H,3-6H2,1-2H3. The molecule has 0 aromatic rings.